The Hall–Kier alpha value is -5.93. The van der Waals surface area contributed by atoms with Crippen molar-refractivity contribution in [2.45, 2.75) is 0 Å². The molecule has 0 bridgehead atoms. The Balaban J connectivity index is 1.37. The van der Waals surface area contributed by atoms with Crippen LogP contribution < -0.4 is 27.3 Å². The molecule has 0 spiro atoms. The lowest BCUT2D eigenvalue weighted by Crippen LogP contribution is -2.55. The molecular weight excluding hydrogens is 623 g/mol. The fourth-order valence-corrected chi connectivity index (χ4v) is 7.56. The molecule has 52 heavy (non-hydrogen) atoms. The Kier molecular flexibility index (Phi) is 7.81. The van der Waals surface area contributed by atoms with Crippen LogP contribution in [0, 0.1) is 0 Å². The Bertz CT molecular complexity index is 2820. The third kappa shape index (κ3) is 5.06. The van der Waals surface area contributed by atoms with E-state index in [1.54, 1.807) is 0 Å². The van der Waals surface area contributed by atoms with Crippen molar-refractivity contribution in [3.63, 3.8) is 0 Å². The Morgan fingerprint density at radius 2 is 0.923 bits per heavy atom. The third-order valence-corrected chi connectivity index (χ3v) is 10.1. The summed E-state index contributed by atoms with van der Waals surface area (Å²) in [6.07, 6.45) is 0. The molecule has 2 nitrogen and oxygen atoms in total. The molecule has 0 saturated heterocycles. The molecule has 0 atom stereocenters. The highest BCUT2D eigenvalue weighted by Crippen LogP contribution is 2.44. The summed E-state index contributed by atoms with van der Waals surface area (Å²) in [6, 6.07) is 52.4. The van der Waals surface area contributed by atoms with Crippen LogP contribution in [0.5, 0.6) is 0 Å². The predicted octanol–water partition coefficient (Wildman–Crippen LogP) is 5.97. The topological polar surface area (TPSA) is 17.8 Å². The minimum Gasteiger partial charge on any atom is -0.292 e. The number of aromatic nitrogens is 2. The van der Waals surface area contributed by atoms with Gasteiger partial charge in [-0.25, -0.2) is 4.98 Å². The minimum absolute atomic E-state index is 0.187. The average molecular weight is 648 g/mol. The van der Waals surface area contributed by atoms with Gasteiger partial charge in [0.25, 0.3) is 0 Å². The van der Waals surface area contributed by atoms with Crippen LogP contribution >= 0.6 is 0 Å². The monoisotopic (exact) mass is 648 g/mol. The van der Waals surface area contributed by atoms with E-state index in [0.717, 1.165) is 77.5 Å². The predicted molar refractivity (Wildman–Crippen MR) is 225 cm³/mol. The molecule has 9 aromatic rings. The Morgan fingerprint density at radius 1 is 0.365 bits per heavy atom. The highest BCUT2D eigenvalue weighted by atomic mass is 15.1. The lowest BCUT2D eigenvalue weighted by Gasteiger charge is -2.25. The van der Waals surface area contributed by atoms with Crippen molar-refractivity contribution in [2.24, 2.45) is 0 Å². The number of hydrogen-bond donors (Lipinski definition) is 0. The van der Waals surface area contributed by atoms with Gasteiger partial charge >= 0.3 is 0 Å². The first kappa shape index (κ1) is 32.0. The van der Waals surface area contributed by atoms with Crippen LogP contribution in [0.1, 0.15) is 0 Å². The highest BCUT2D eigenvalue weighted by molar-refractivity contribution is 6.69. The van der Waals surface area contributed by atoms with E-state index in [-0.39, 0.29) is 16.4 Å². The second-order valence-corrected chi connectivity index (χ2v) is 13.0. The molecule has 0 aliphatic carbocycles. The Morgan fingerprint density at radius 3 is 1.65 bits per heavy atom. The van der Waals surface area contributed by atoms with Crippen LogP contribution in [0.25, 0.3) is 83.0 Å². The van der Waals surface area contributed by atoms with Crippen LogP contribution in [0.4, 0.5) is 0 Å². The average Bonchev–Trinajstić information content (AvgIpc) is 3.59. The number of nitrogens with zero attached hydrogens (tertiary/aromatic N) is 2. The van der Waals surface area contributed by atoms with Gasteiger partial charge in [-0.3, -0.25) is 4.57 Å². The first-order valence-electron chi connectivity index (χ1n) is 17.1. The zero-order valence-corrected chi connectivity index (χ0v) is 28.2. The van der Waals surface area contributed by atoms with Crippen molar-refractivity contribution < 1.29 is 0 Å². The summed E-state index contributed by atoms with van der Waals surface area (Å²) in [6.45, 7) is 0. The van der Waals surface area contributed by atoms with Gasteiger partial charge in [0.1, 0.15) is 45.1 Å². The molecule has 8 aromatic carbocycles. The molecule has 9 rings (SSSR count). The molecule has 0 fully saturated rings. The van der Waals surface area contributed by atoms with Crippen LogP contribution in [0.3, 0.4) is 0 Å². The zero-order chi connectivity index (χ0) is 35.5. The number of rotatable bonds is 5. The summed E-state index contributed by atoms with van der Waals surface area (Å²) in [7, 11) is 32.8. The Labute approximate surface area is 309 Å². The molecule has 1 aromatic heterocycles. The van der Waals surface area contributed by atoms with Crippen molar-refractivity contribution in [3.05, 3.63) is 152 Å². The van der Waals surface area contributed by atoms with E-state index in [2.05, 4.69) is 120 Å². The van der Waals surface area contributed by atoms with Crippen LogP contribution in [-0.2, 0) is 0 Å². The summed E-state index contributed by atoms with van der Waals surface area (Å²) < 4.78 is 2.22. The van der Waals surface area contributed by atoms with Crippen LogP contribution in [0.15, 0.2) is 152 Å². The summed E-state index contributed by atoms with van der Waals surface area (Å²) in [5.41, 5.74) is 10.9. The fraction of sp³-hybridized carbons (Fsp3) is 0. The molecule has 10 radical (unpaired) electrons. The first-order valence-corrected chi connectivity index (χ1v) is 17.1. The summed E-state index contributed by atoms with van der Waals surface area (Å²) in [5.74, 6) is 0.860. The normalized spacial score (nSPS) is 11.5. The summed E-state index contributed by atoms with van der Waals surface area (Å²) in [5, 5.41) is 3.96. The largest absolute Gasteiger partial charge is 0.292 e. The molecule has 7 heteroatoms. The molecule has 1 heterocycles. The molecule has 0 saturated carbocycles. The molecule has 0 N–H and O–H groups in total. The lowest BCUT2D eigenvalue weighted by atomic mass is 9.59. The van der Waals surface area contributed by atoms with Gasteiger partial charge in [-0.1, -0.05) is 126 Å². The fourth-order valence-electron chi connectivity index (χ4n) is 7.56. The van der Waals surface area contributed by atoms with E-state index in [4.69, 9.17) is 44.2 Å². The third-order valence-electron chi connectivity index (χ3n) is 10.1. The smallest absolute Gasteiger partial charge is 0.145 e. The van der Waals surface area contributed by atoms with Gasteiger partial charge in [-0.2, -0.15) is 0 Å². The number of fused-ring (bicyclic) bond motifs is 3. The van der Waals surface area contributed by atoms with Gasteiger partial charge in [-0.05, 0) is 91.3 Å². The van der Waals surface area contributed by atoms with Crippen molar-refractivity contribution in [1.29, 1.82) is 0 Å². The van der Waals surface area contributed by atoms with Crippen molar-refractivity contribution in [2.75, 3.05) is 0 Å². The number of imidazole rings is 1. The molecule has 230 valence electrons. The highest BCUT2D eigenvalue weighted by Gasteiger charge is 2.22. The molecule has 0 aliphatic heterocycles. The van der Waals surface area contributed by atoms with Crippen LogP contribution in [-0.4, -0.2) is 48.8 Å². The van der Waals surface area contributed by atoms with Crippen molar-refractivity contribution in [1.82, 2.24) is 9.55 Å². The molecule has 0 aliphatic rings. The van der Waals surface area contributed by atoms with E-state index in [9.17, 15) is 0 Å². The van der Waals surface area contributed by atoms with E-state index < -0.39 is 0 Å². The first-order chi connectivity index (χ1) is 25.4. The van der Waals surface area contributed by atoms with Crippen molar-refractivity contribution >= 4 is 99.1 Å². The maximum absolute atomic E-state index is 6.79. The van der Waals surface area contributed by atoms with E-state index in [0.29, 0.717) is 16.5 Å². The number of hydrogen-bond acceptors (Lipinski definition) is 1. The van der Waals surface area contributed by atoms with Crippen LogP contribution in [0.2, 0.25) is 0 Å². The maximum atomic E-state index is 6.79. The van der Waals surface area contributed by atoms with E-state index in [1.807, 2.05) is 36.4 Å². The number of para-hydroxylation sites is 3. The summed E-state index contributed by atoms with van der Waals surface area (Å²) in [4.78, 5) is 5.16. The molecular formula is C45H25B5N2. The van der Waals surface area contributed by atoms with Gasteiger partial charge in [-0.15, -0.1) is 16.4 Å². The quantitative estimate of drug-likeness (QED) is 0.166. The lowest BCUT2D eigenvalue weighted by molar-refractivity contribution is 1.10. The minimum atomic E-state index is 0.187. The van der Waals surface area contributed by atoms with E-state index >= 15 is 0 Å². The SMILES string of the molecule is [B]c1c([B])c([B])c(-c2c3ccccc3c(-c3cccc(-c4nc5ccccc5n4-c4ccccc4)c3)c3ccc(-c4ccccc4)cc23)c([B])c1[B]. The maximum Gasteiger partial charge on any atom is 0.145 e. The second kappa shape index (κ2) is 12.7. The molecule has 0 amide bonds. The van der Waals surface area contributed by atoms with E-state index in [1.165, 1.54) is 0 Å². The number of benzene rings is 8. The van der Waals surface area contributed by atoms with Gasteiger partial charge in [0.2, 0.25) is 0 Å². The van der Waals surface area contributed by atoms with Gasteiger partial charge in [0.15, 0.2) is 0 Å². The van der Waals surface area contributed by atoms with Gasteiger partial charge in [0, 0.05) is 11.3 Å². The summed E-state index contributed by atoms with van der Waals surface area (Å²) >= 11 is 0. The zero-order valence-electron chi connectivity index (χ0n) is 28.2. The van der Waals surface area contributed by atoms with Crippen molar-refractivity contribution in [3.8, 4) is 50.5 Å². The second-order valence-electron chi connectivity index (χ2n) is 13.0. The molecule has 0 unspecified atom stereocenters. The van der Waals surface area contributed by atoms with Gasteiger partial charge < -0.3 is 0 Å². The standard InChI is InChI=1S/C45H25B5N2/c46-40-39(41(47)43(49)44(50)42(40)48)38-32-19-8-7-18-31(32)37(33-23-22-27(25-34(33)38)26-12-3-1-4-13-26)28-14-11-15-29(24-28)45-51-35-20-9-10-21-36(35)52(45)30-16-5-2-6-17-30/h1-25H. The van der Waals surface area contributed by atoms with Gasteiger partial charge in [0.05, 0.1) is 11.0 Å².